The number of rotatable bonds is 7. The Balaban J connectivity index is 1.52. The van der Waals surface area contributed by atoms with Gasteiger partial charge in [0.1, 0.15) is 5.82 Å². The number of para-hydroxylation sites is 1. The van der Waals surface area contributed by atoms with E-state index in [9.17, 15) is 14.7 Å². The second-order valence-corrected chi connectivity index (χ2v) is 10.4. The average Bonchev–Trinajstić information content (AvgIpc) is 3.42. The van der Waals surface area contributed by atoms with E-state index in [1.807, 2.05) is 49.4 Å². The fraction of sp³-hybridized carbons (Fsp3) is 0.321. The minimum Gasteiger partial charge on any atom is -0.392 e. The topological polar surface area (TPSA) is 91.8 Å². The highest BCUT2D eigenvalue weighted by Gasteiger charge is 2.23. The van der Waals surface area contributed by atoms with Gasteiger partial charge in [-0.1, -0.05) is 24.3 Å². The Labute approximate surface area is 213 Å². The van der Waals surface area contributed by atoms with Crippen LogP contribution in [0, 0.1) is 6.92 Å². The van der Waals surface area contributed by atoms with Gasteiger partial charge in [0.15, 0.2) is 5.78 Å². The van der Waals surface area contributed by atoms with Gasteiger partial charge >= 0.3 is 0 Å². The Kier molecular flexibility index (Phi) is 6.85. The highest BCUT2D eigenvalue weighted by molar-refractivity contribution is 7.21. The molecule has 0 saturated carbocycles. The average molecular weight is 504 g/mol. The number of nitrogens with one attached hydrogen (secondary N) is 1. The molecule has 1 fully saturated rings. The zero-order chi connectivity index (χ0) is 25.4. The van der Waals surface area contributed by atoms with Crippen LogP contribution in [0.1, 0.15) is 50.1 Å². The van der Waals surface area contributed by atoms with Gasteiger partial charge in [-0.15, -0.1) is 11.3 Å². The summed E-state index contributed by atoms with van der Waals surface area (Å²) in [4.78, 5) is 33.2. The second kappa shape index (κ2) is 10.1. The molecule has 7 nitrogen and oxygen atoms in total. The van der Waals surface area contributed by atoms with Crippen molar-refractivity contribution in [2.24, 2.45) is 0 Å². The van der Waals surface area contributed by atoms with Crippen molar-refractivity contribution in [3.8, 4) is 0 Å². The minimum absolute atomic E-state index is 0.0370. The lowest BCUT2D eigenvalue weighted by Crippen LogP contribution is -2.22. The number of ether oxygens (including phenoxy) is 1. The molecule has 0 radical (unpaired) electrons. The van der Waals surface area contributed by atoms with Gasteiger partial charge in [-0.05, 0) is 55.2 Å². The third-order valence-corrected chi connectivity index (χ3v) is 8.06. The summed E-state index contributed by atoms with van der Waals surface area (Å²) in [5.74, 6) is 0.191. The number of Topliss-reactive ketones (excluding diaryl/α,β-unsaturated/α-hetero) is 1. The molecule has 36 heavy (non-hydrogen) atoms. The molecule has 186 valence electrons. The van der Waals surface area contributed by atoms with Gasteiger partial charge in [-0.3, -0.25) is 14.5 Å². The number of hydrogen-bond acceptors (Lipinski definition) is 7. The molecule has 1 saturated heterocycles. The number of carbonyl (C=O) groups excluding carboxylic acids is 2. The number of aliphatic hydroxyl groups is 1. The zero-order valence-corrected chi connectivity index (χ0v) is 21.4. The van der Waals surface area contributed by atoms with Gasteiger partial charge in [-0.25, -0.2) is 4.98 Å². The number of benzene rings is 2. The number of pyridine rings is 1. The number of likely N-dealkylation sites (tertiary alicyclic amines) is 1. The monoisotopic (exact) mass is 503 g/mol. The number of aromatic nitrogens is 1. The first kappa shape index (κ1) is 24.5. The normalized spacial score (nSPS) is 16.2. The predicted octanol–water partition coefficient (Wildman–Crippen LogP) is 4.93. The van der Waals surface area contributed by atoms with Gasteiger partial charge in [0, 0.05) is 47.8 Å². The second-order valence-electron chi connectivity index (χ2n) is 9.34. The van der Waals surface area contributed by atoms with Crippen molar-refractivity contribution in [1.29, 1.82) is 0 Å². The molecule has 1 atom stereocenters. The van der Waals surface area contributed by atoms with Crippen LogP contribution in [0.25, 0.3) is 21.0 Å². The van der Waals surface area contributed by atoms with Crippen molar-refractivity contribution < 1.29 is 19.4 Å². The van der Waals surface area contributed by atoms with Crippen LogP contribution in [0.3, 0.4) is 0 Å². The first-order chi connectivity index (χ1) is 17.4. The molecule has 0 bridgehead atoms. The number of fused-ring (bicyclic) bond motifs is 2. The third kappa shape index (κ3) is 4.65. The fourth-order valence-corrected chi connectivity index (χ4v) is 6.33. The number of nitrogens with zero attached hydrogens (tertiary/aromatic N) is 2. The molecule has 3 heterocycles. The lowest BCUT2D eigenvalue weighted by molar-refractivity contribution is 0.101. The number of thiophene rings is 1. The number of aryl methyl sites for hydroxylation is 1. The van der Waals surface area contributed by atoms with Gasteiger partial charge < -0.3 is 15.2 Å². The van der Waals surface area contributed by atoms with E-state index in [2.05, 4.69) is 10.2 Å². The number of anilines is 1. The molecule has 1 aliphatic heterocycles. The standard InChI is InChI=1S/C28H29N3O4S/c1-16-25-18(15-35-3)8-9-21(17(2)32)27(25)36-26(16)28(34)30-24-12-19(13-31-11-10-20(33)14-31)22-6-4-5-7-23(22)29-24/h4-9,12,20,33H,10-11,13-15H2,1-3H3,(H,29,30,34)/t20-/m0/s1. The van der Waals surface area contributed by atoms with E-state index in [0.29, 0.717) is 36.0 Å². The van der Waals surface area contributed by atoms with E-state index in [1.54, 1.807) is 14.0 Å². The Hall–Kier alpha value is -3.17. The molecule has 2 aromatic heterocycles. The number of hydrogen-bond donors (Lipinski definition) is 2. The van der Waals surface area contributed by atoms with Crippen molar-refractivity contribution in [2.75, 3.05) is 25.5 Å². The fourth-order valence-electron chi connectivity index (χ4n) is 5.01. The Morgan fingerprint density at radius 3 is 2.75 bits per heavy atom. The number of β-amino-alcohol motifs (C(OH)–C–C–N with tert-alkyl or cyclic N) is 1. The van der Waals surface area contributed by atoms with Crippen LogP contribution < -0.4 is 5.32 Å². The molecule has 1 amide bonds. The van der Waals surface area contributed by atoms with E-state index >= 15 is 0 Å². The quantitative estimate of drug-likeness (QED) is 0.348. The van der Waals surface area contributed by atoms with Crippen molar-refractivity contribution in [1.82, 2.24) is 9.88 Å². The molecule has 0 aliphatic carbocycles. The summed E-state index contributed by atoms with van der Waals surface area (Å²) in [5, 5.41) is 14.9. The van der Waals surface area contributed by atoms with Gasteiger partial charge in [0.2, 0.25) is 0 Å². The van der Waals surface area contributed by atoms with Crippen LogP contribution in [0.15, 0.2) is 42.5 Å². The van der Waals surface area contributed by atoms with E-state index < -0.39 is 0 Å². The first-order valence-electron chi connectivity index (χ1n) is 12.0. The van der Waals surface area contributed by atoms with Gasteiger partial charge in [-0.2, -0.15) is 0 Å². The van der Waals surface area contributed by atoms with Crippen molar-refractivity contribution in [2.45, 2.75) is 39.5 Å². The number of carbonyl (C=O) groups is 2. The van der Waals surface area contributed by atoms with E-state index in [4.69, 9.17) is 9.72 Å². The van der Waals surface area contributed by atoms with Crippen molar-refractivity contribution in [3.63, 3.8) is 0 Å². The Morgan fingerprint density at radius 1 is 1.22 bits per heavy atom. The SMILES string of the molecule is COCc1ccc(C(C)=O)c2sc(C(=O)Nc3cc(CN4CC[C@H](O)C4)c4ccccc4n3)c(C)c12. The summed E-state index contributed by atoms with van der Waals surface area (Å²) in [6, 6.07) is 13.5. The van der Waals surface area contributed by atoms with Crippen LogP contribution in [0.5, 0.6) is 0 Å². The van der Waals surface area contributed by atoms with Crippen LogP contribution in [0.4, 0.5) is 5.82 Å². The van der Waals surface area contributed by atoms with Gasteiger partial charge in [0.25, 0.3) is 5.91 Å². The largest absolute Gasteiger partial charge is 0.392 e. The van der Waals surface area contributed by atoms with Crippen LogP contribution in [-0.2, 0) is 17.9 Å². The maximum atomic E-state index is 13.5. The van der Waals surface area contributed by atoms with Crippen LogP contribution >= 0.6 is 11.3 Å². The molecular formula is C28H29N3O4S. The van der Waals surface area contributed by atoms with E-state index in [-0.39, 0.29) is 17.8 Å². The summed E-state index contributed by atoms with van der Waals surface area (Å²) < 4.78 is 6.17. The molecule has 4 aromatic rings. The van der Waals surface area contributed by atoms with E-state index in [1.165, 1.54) is 11.3 Å². The molecule has 2 aromatic carbocycles. The summed E-state index contributed by atoms with van der Waals surface area (Å²) in [6.07, 6.45) is 0.474. The van der Waals surface area contributed by atoms with Gasteiger partial charge in [0.05, 0.1) is 23.1 Å². The number of ketones is 1. The summed E-state index contributed by atoms with van der Waals surface area (Å²) in [7, 11) is 1.63. The smallest absolute Gasteiger partial charge is 0.267 e. The molecule has 0 spiro atoms. The summed E-state index contributed by atoms with van der Waals surface area (Å²) >= 11 is 1.33. The lowest BCUT2D eigenvalue weighted by atomic mass is 10.0. The zero-order valence-electron chi connectivity index (χ0n) is 20.6. The molecule has 0 unspecified atom stereocenters. The first-order valence-corrected chi connectivity index (χ1v) is 12.8. The van der Waals surface area contributed by atoms with Crippen molar-refractivity contribution >= 4 is 49.8 Å². The Morgan fingerprint density at radius 2 is 2.03 bits per heavy atom. The molecule has 2 N–H and O–H groups in total. The highest BCUT2D eigenvalue weighted by Crippen LogP contribution is 2.37. The molecule has 8 heteroatoms. The summed E-state index contributed by atoms with van der Waals surface area (Å²) in [5.41, 5.74) is 4.24. The molecular weight excluding hydrogens is 474 g/mol. The summed E-state index contributed by atoms with van der Waals surface area (Å²) in [6.45, 7) is 6.00. The highest BCUT2D eigenvalue weighted by atomic mass is 32.1. The van der Waals surface area contributed by atoms with Crippen molar-refractivity contribution in [3.05, 3.63) is 69.6 Å². The maximum Gasteiger partial charge on any atom is 0.267 e. The van der Waals surface area contributed by atoms with E-state index in [0.717, 1.165) is 50.6 Å². The van der Waals surface area contributed by atoms with Crippen LogP contribution in [-0.4, -0.2) is 53.0 Å². The predicted molar refractivity (Wildman–Crippen MR) is 143 cm³/mol. The van der Waals surface area contributed by atoms with Crippen LogP contribution in [0.2, 0.25) is 0 Å². The maximum absolute atomic E-state index is 13.5. The third-order valence-electron chi connectivity index (χ3n) is 6.73. The molecule has 1 aliphatic rings. The number of aliphatic hydroxyl groups excluding tert-OH is 1. The minimum atomic E-state index is -0.295. The Bertz CT molecular complexity index is 1480. The lowest BCUT2D eigenvalue weighted by Gasteiger charge is -2.17. The molecule has 5 rings (SSSR count). The number of amides is 1. The number of methoxy groups -OCH3 is 1.